The highest BCUT2D eigenvalue weighted by Gasteiger charge is 2.08. The maximum absolute atomic E-state index is 5.01. The van der Waals surface area contributed by atoms with E-state index in [0.29, 0.717) is 24.1 Å². The van der Waals surface area contributed by atoms with Gasteiger partial charge in [-0.1, -0.05) is 16.9 Å². The number of thioether (sulfide) groups is 1. The number of methoxy groups -OCH3 is 1. The molecule has 0 amide bonds. The predicted molar refractivity (Wildman–Crippen MR) is 60.5 cm³/mol. The van der Waals surface area contributed by atoms with E-state index in [-0.39, 0.29) is 0 Å². The minimum absolute atomic E-state index is 0.571. The molecule has 0 saturated carbocycles. The van der Waals surface area contributed by atoms with Crippen LogP contribution in [-0.4, -0.2) is 38.6 Å². The summed E-state index contributed by atoms with van der Waals surface area (Å²) in [6, 6.07) is 0. The van der Waals surface area contributed by atoms with Crippen LogP contribution in [0.3, 0.4) is 0 Å². The van der Waals surface area contributed by atoms with E-state index in [9.17, 15) is 0 Å². The molecule has 0 aliphatic carbocycles. The van der Waals surface area contributed by atoms with Crippen LogP contribution in [0, 0.1) is 6.92 Å². The molecule has 0 N–H and O–H groups in total. The summed E-state index contributed by atoms with van der Waals surface area (Å²) in [6.45, 7) is 3.13. The molecule has 0 radical (unpaired) electrons. The lowest BCUT2D eigenvalue weighted by Crippen LogP contribution is -2.04. The van der Waals surface area contributed by atoms with Crippen molar-refractivity contribution in [2.75, 3.05) is 13.7 Å². The number of nitrogens with zero attached hydrogens (tertiary/aromatic N) is 5. The smallest absolute Gasteiger partial charge is 0.223 e. The SMILES string of the molecule is COCCn1cnnc1SCc1noc(C)n1. The van der Waals surface area contributed by atoms with Crippen molar-refractivity contribution in [2.24, 2.45) is 0 Å². The first-order chi connectivity index (χ1) is 8.29. The average Bonchev–Trinajstić information content (AvgIpc) is 2.92. The summed E-state index contributed by atoms with van der Waals surface area (Å²) < 4.78 is 11.8. The van der Waals surface area contributed by atoms with Crippen molar-refractivity contribution in [2.45, 2.75) is 24.4 Å². The van der Waals surface area contributed by atoms with Crippen LogP contribution in [0.25, 0.3) is 0 Å². The Morgan fingerprint density at radius 1 is 1.53 bits per heavy atom. The summed E-state index contributed by atoms with van der Waals surface area (Å²) in [7, 11) is 1.67. The number of aryl methyl sites for hydroxylation is 1. The van der Waals surface area contributed by atoms with E-state index in [4.69, 9.17) is 9.26 Å². The molecule has 92 valence electrons. The third-order valence-electron chi connectivity index (χ3n) is 2.02. The standard InChI is InChI=1S/C9H13N5O2S/c1-7-11-8(13-16-7)5-17-9-12-10-6-14(9)3-4-15-2/h6H,3-5H2,1-2H3. The summed E-state index contributed by atoms with van der Waals surface area (Å²) in [6.07, 6.45) is 1.68. The van der Waals surface area contributed by atoms with Crippen LogP contribution in [0.4, 0.5) is 0 Å². The molecular formula is C9H13N5O2S. The van der Waals surface area contributed by atoms with Gasteiger partial charge in [-0.2, -0.15) is 4.98 Å². The van der Waals surface area contributed by atoms with Crippen molar-refractivity contribution in [3.05, 3.63) is 18.0 Å². The molecule has 0 aliphatic rings. The fourth-order valence-electron chi connectivity index (χ4n) is 1.23. The fourth-order valence-corrected chi connectivity index (χ4v) is 2.01. The molecule has 7 nitrogen and oxygen atoms in total. The maximum atomic E-state index is 5.01. The molecule has 0 unspecified atom stereocenters. The molecule has 8 heteroatoms. The highest BCUT2D eigenvalue weighted by atomic mass is 32.2. The van der Waals surface area contributed by atoms with Gasteiger partial charge in [-0.15, -0.1) is 10.2 Å². The Labute approximate surface area is 103 Å². The van der Waals surface area contributed by atoms with E-state index in [1.807, 2.05) is 4.57 Å². The number of rotatable bonds is 6. The van der Waals surface area contributed by atoms with Gasteiger partial charge in [-0.05, 0) is 0 Å². The van der Waals surface area contributed by atoms with E-state index in [1.54, 1.807) is 20.4 Å². The summed E-state index contributed by atoms with van der Waals surface area (Å²) in [5.74, 6) is 1.85. The van der Waals surface area contributed by atoms with Crippen LogP contribution in [-0.2, 0) is 17.0 Å². The maximum Gasteiger partial charge on any atom is 0.223 e. The molecule has 0 fully saturated rings. The Balaban J connectivity index is 1.92. The van der Waals surface area contributed by atoms with Crippen LogP contribution < -0.4 is 0 Å². The molecule has 0 saturated heterocycles. The molecule has 0 atom stereocenters. The van der Waals surface area contributed by atoms with Crippen LogP contribution in [0.1, 0.15) is 11.7 Å². The van der Waals surface area contributed by atoms with Crippen LogP contribution in [0.5, 0.6) is 0 Å². The first kappa shape index (κ1) is 12.1. The Kier molecular flexibility index (Phi) is 4.10. The monoisotopic (exact) mass is 255 g/mol. The van der Waals surface area contributed by atoms with Crippen molar-refractivity contribution >= 4 is 11.8 Å². The number of aromatic nitrogens is 5. The molecule has 0 bridgehead atoms. The Hall–Kier alpha value is -1.41. The Bertz CT molecular complexity index is 469. The van der Waals surface area contributed by atoms with Crippen LogP contribution >= 0.6 is 11.8 Å². The summed E-state index contributed by atoms with van der Waals surface area (Å²) in [5, 5.41) is 12.5. The fraction of sp³-hybridized carbons (Fsp3) is 0.556. The van der Waals surface area contributed by atoms with Crippen LogP contribution in [0.15, 0.2) is 16.0 Å². The molecule has 2 rings (SSSR count). The quantitative estimate of drug-likeness (QED) is 0.710. The van der Waals surface area contributed by atoms with E-state index < -0.39 is 0 Å². The predicted octanol–water partition coefficient (Wildman–Crippen LogP) is 0.908. The first-order valence-corrected chi connectivity index (χ1v) is 6.07. The van der Waals surface area contributed by atoms with Gasteiger partial charge in [0.2, 0.25) is 5.89 Å². The number of hydrogen-bond donors (Lipinski definition) is 0. The number of ether oxygens (including phenoxy) is 1. The molecule has 0 aliphatic heterocycles. The molecule has 0 aromatic carbocycles. The van der Waals surface area contributed by atoms with Crippen molar-refractivity contribution < 1.29 is 9.26 Å². The Morgan fingerprint density at radius 3 is 3.12 bits per heavy atom. The Morgan fingerprint density at radius 2 is 2.41 bits per heavy atom. The second-order valence-corrected chi connectivity index (χ2v) is 4.26. The highest BCUT2D eigenvalue weighted by Crippen LogP contribution is 2.18. The van der Waals surface area contributed by atoms with Gasteiger partial charge in [0.05, 0.1) is 12.4 Å². The molecule has 2 aromatic heterocycles. The topological polar surface area (TPSA) is 78.9 Å². The zero-order valence-corrected chi connectivity index (χ0v) is 10.5. The second-order valence-electron chi connectivity index (χ2n) is 3.32. The minimum Gasteiger partial charge on any atom is -0.383 e. The van der Waals surface area contributed by atoms with Gasteiger partial charge in [-0.25, -0.2) is 0 Å². The average molecular weight is 255 g/mol. The molecule has 2 aromatic rings. The van der Waals surface area contributed by atoms with E-state index >= 15 is 0 Å². The van der Waals surface area contributed by atoms with Crippen molar-refractivity contribution in [1.29, 1.82) is 0 Å². The van der Waals surface area contributed by atoms with Crippen molar-refractivity contribution in [1.82, 2.24) is 24.9 Å². The summed E-state index contributed by atoms with van der Waals surface area (Å²) in [5.41, 5.74) is 0. The van der Waals surface area contributed by atoms with Gasteiger partial charge in [0, 0.05) is 20.6 Å². The van der Waals surface area contributed by atoms with Crippen LogP contribution in [0.2, 0.25) is 0 Å². The number of hydrogen-bond acceptors (Lipinski definition) is 7. The van der Waals surface area contributed by atoms with Gasteiger partial charge in [0.15, 0.2) is 11.0 Å². The zero-order chi connectivity index (χ0) is 12.1. The van der Waals surface area contributed by atoms with Gasteiger partial charge < -0.3 is 13.8 Å². The van der Waals surface area contributed by atoms with E-state index in [2.05, 4.69) is 20.3 Å². The molecular weight excluding hydrogens is 242 g/mol. The van der Waals surface area contributed by atoms with Gasteiger partial charge in [-0.3, -0.25) is 0 Å². The molecule has 17 heavy (non-hydrogen) atoms. The summed E-state index contributed by atoms with van der Waals surface area (Å²) in [4.78, 5) is 4.12. The lowest BCUT2D eigenvalue weighted by Gasteiger charge is -2.03. The van der Waals surface area contributed by atoms with Gasteiger partial charge in [0.25, 0.3) is 0 Å². The lowest BCUT2D eigenvalue weighted by molar-refractivity contribution is 0.184. The first-order valence-electron chi connectivity index (χ1n) is 5.08. The largest absolute Gasteiger partial charge is 0.383 e. The summed E-state index contributed by atoms with van der Waals surface area (Å²) >= 11 is 1.52. The third-order valence-corrected chi connectivity index (χ3v) is 2.99. The van der Waals surface area contributed by atoms with E-state index in [0.717, 1.165) is 11.7 Å². The third kappa shape index (κ3) is 3.27. The zero-order valence-electron chi connectivity index (χ0n) is 9.66. The van der Waals surface area contributed by atoms with Crippen molar-refractivity contribution in [3.63, 3.8) is 0 Å². The second kappa shape index (κ2) is 5.78. The van der Waals surface area contributed by atoms with Gasteiger partial charge >= 0.3 is 0 Å². The lowest BCUT2D eigenvalue weighted by atomic mass is 10.7. The minimum atomic E-state index is 0.571. The normalized spacial score (nSPS) is 10.9. The molecule has 0 spiro atoms. The van der Waals surface area contributed by atoms with Crippen molar-refractivity contribution in [3.8, 4) is 0 Å². The molecule has 2 heterocycles. The van der Waals surface area contributed by atoms with E-state index in [1.165, 1.54) is 11.8 Å². The highest BCUT2D eigenvalue weighted by molar-refractivity contribution is 7.98. The van der Waals surface area contributed by atoms with Gasteiger partial charge in [0.1, 0.15) is 6.33 Å².